The zero-order valence-corrected chi connectivity index (χ0v) is 6.92. The zero-order chi connectivity index (χ0) is 10.5. The van der Waals surface area contributed by atoms with Gasteiger partial charge in [0.05, 0.1) is 0 Å². The van der Waals surface area contributed by atoms with Crippen molar-refractivity contribution in [1.29, 1.82) is 0 Å². The van der Waals surface area contributed by atoms with Crippen molar-refractivity contribution in [3.8, 4) is 12.3 Å². The monoisotopic (exact) mass is 185 g/mol. The molecule has 72 valence electrons. The molecule has 0 aliphatic heterocycles. The maximum absolute atomic E-state index is 10.0. The van der Waals surface area contributed by atoms with Gasteiger partial charge in [0.2, 0.25) is 0 Å². The van der Waals surface area contributed by atoms with Gasteiger partial charge in [0.1, 0.15) is 12.1 Å². The van der Waals surface area contributed by atoms with E-state index >= 15 is 0 Å². The smallest absolute Gasteiger partial charge is 0.255 e. The predicted octanol–water partition coefficient (Wildman–Crippen LogP) is -0.628. The maximum atomic E-state index is 10.0. The van der Waals surface area contributed by atoms with Gasteiger partial charge in [-0.05, 0) is 5.92 Å². The van der Waals surface area contributed by atoms with E-state index in [0.29, 0.717) is 0 Å². The molecule has 0 rings (SSSR count). The van der Waals surface area contributed by atoms with Gasteiger partial charge >= 0.3 is 0 Å². The topological polar surface area (TPSA) is 90.1 Å². The highest BCUT2D eigenvalue weighted by Gasteiger charge is 2.32. The van der Waals surface area contributed by atoms with Gasteiger partial charge < -0.3 is 15.3 Å². The first-order chi connectivity index (χ1) is 5.97. The number of rotatable bonds is 5. The fourth-order valence-electron chi connectivity index (χ4n) is 0.672. The average Bonchev–Trinajstić information content (AvgIpc) is 2.13. The molecule has 0 amide bonds. The first-order valence-electron chi connectivity index (χ1n) is 3.53. The molecule has 13 heavy (non-hydrogen) atoms. The summed E-state index contributed by atoms with van der Waals surface area (Å²) in [4.78, 5) is 10.0. The van der Waals surface area contributed by atoms with E-state index in [1.165, 1.54) is 6.08 Å². The van der Waals surface area contributed by atoms with Crippen LogP contribution >= 0.6 is 0 Å². The van der Waals surface area contributed by atoms with Crippen LogP contribution in [-0.2, 0) is 0 Å². The Kier molecular flexibility index (Phi) is 4.28. The van der Waals surface area contributed by atoms with Crippen LogP contribution in [0.5, 0.6) is 0 Å². The number of terminal acetylenes is 1. The van der Waals surface area contributed by atoms with Crippen LogP contribution in [0.1, 0.15) is 6.42 Å². The summed E-state index contributed by atoms with van der Waals surface area (Å²) in [5.74, 6) is -1.06. The Labute approximate surface area is 75.7 Å². The van der Waals surface area contributed by atoms with E-state index in [1.807, 2.05) is 0 Å². The Morgan fingerprint density at radius 3 is 2.54 bits per heavy atom. The van der Waals surface area contributed by atoms with E-state index in [4.69, 9.17) is 21.7 Å². The van der Waals surface area contributed by atoms with Crippen molar-refractivity contribution >= 4 is 0 Å². The maximum Gasteiger partial charge on any atom is 0.255 e. The molecule has 0 aromatic rings. The van der Waals surface area contributed by atoms with E-state index in [9.17, 15) is 4.91 Å². The molecule has 0 radical (unpaired) electrons. The van der Waals surface area contributed by atoms with Gasteiger partial charge in [-0.1, -0.05) is 11.3 Å². The highest BCUT2D eigenvalue weighted by atomic mass is 16.5. The third-order valence-electron chi connectivity index (χ3n) is 1.55. The molecule has 0 spiro atoms. The Hall–Kier alpha value is -1.22. The first kappa shape index (κ1) is 11.8. The van der Waals surface area contributed by atoms with Crippen LogP contribution in [0.15, 0.2) is 17.8 Å². The van der Waals surface area contributed by atoms with Crippen LogP contribution in [0, 0.1) is 17.3 Å². The number of aliphatic hydroxyl groups excluding tert-OH is 1. The van der Waals surface area contributed by atoms with Crippen molar-refractivity contribution in [2.75, 3.05) is 0 Å². The fourth-order valence-corrected chi connectivity index (χ4v) is 0.672. The minimum absolute atomic E-state index is 0.274. The molecular formula is C8H11NO4. The van der Waals surface area contributed by atoms with Crippen LogP contribution in [0.4, 0.5) is 0 Å². The number of nitrogens with zero attached hydrogens (tertiary/aromatic N) is 1. The quantitative estimate of drug-likeness (QED) is 0.230. The van der Waals surface area contributed by atoms with Crippen molar-refractivity contribution in [1.82, 2.24) is 0 Å². The highest BCUT2D eigenvalue weighted by molar-refractivity contribution is 5.05. The van der Waals surface area contributed by atoms with Gasteiger partial charge in [0.15, 0.2) is 0 Å². The summed E-state index contributed by atoms with van der Waals surface area (Å²) < 4.78 is 0. The molecule has 2 unspecified atom stereocenters. The summed E-state index contributed by atoms with van der Waals surface area (Å²) in [7, 11) is 0. The van der Waals surface area contributed by atoms with Crippen LogP contribution in [0.2, 0.25) is 0 Å². The van der Waals surface area contributed by atoms with E-state index in [0.717, 1.165) is 0 Å². The minimum Gasteiger partial charge on any atom is -0.386 e. The van der Waals surface area contributed by atoms with Crippen LogP contribution < -0.4 is 0 Å². The molecule has 3 N–H and O–H groups in total. The van der Waals surface area contributed by atoms with Crippen LogP contribution in [-0.4, -0.2) is 33.3 Å². The zero-order valence-electron chi connectivity index (χ0n) is 6.92. The summed E-state index contributed by atoms with van der Waals surface area (Å²) in [5, 5.41) is 29.5. The molecule has 5 nitrogen and oxygen atoms in total. The Bertz CT molecular complexity index is 223. The lowest BCUT2D eigenvalue weighted by Gasteiger charge is -2.22. The first-order valence-corrected chi connectivity index (χ1v) is 3.53. The van der Waals surface area contributed by atoms with Crippen molar-refractivity contribution in [2.45, 2.75) is 24.4 Å². The Balaban J connectivity index is 4.30. The summed E-state index contributed by atoms with van der Waals surface area (Å²) in [5.41, 5.74) is 0. The molecule has 0 heterocycles. The number of hydrogen-bond donors (Lipinski definition) is 3. The van der Waals surface area contributed by atoms with Crippen LogP contribution in [0.25, 0.3) is 0 Å². The molecule has 0 saturated heterocycles. The second kappa shape index (κ2) is 4.72. The van der Waals surface area contributed by atoms with Gasteiger partial charge in [0.25, 0.3) is 5.79 Å². The van der Waals surface area contributed by atoms with E-state index in [-0.39, 0.29) is 6.42 Å². The molecule has 0 aromatic carbocycles. The molecule has 0 aliphatic rings. The molecule has 0 aliphatic carbocycles. The van der Waals surface area contributed by atoms with E-state index in [2.05, 4.69) is 11.8 Å². The SMILES string of the molecule is C#CC(O)(O)C(O)CC(C=C)N=O. The molecule has 2 atom stereocenters. The van der Waals surface area contributed by atoms with Gasteiger partial charge in [0, 0.05) is 6.42 Å². The fraction of sp³-hybridized carbons (Fsp3) is 0.500. The van der Waals surface area contributed by atoms with Gasteiger partial charge in [-0.25, -0.2) is 0 Å². The Morgan fingerprint density at radius 1 is 1.69 bits per heavy atom. The molecule has 0 fully saturated rings. The molecule has 0 saturated carbocycles. The molecule has 0 bridgehead atoms. The van der Waals surface area contributed by atoms with Gasteiger partial charge in [-0.3, -0.25) is 0 Å². The largest absolute Gasteiger partial charge is 0.386 e. The van der Waals surface area contributed by atoms with Crippen molar-refractivity contribution < 1.29 is 15.3 Å². The van der Waals surface area contributed by atoms with Crippen molar-refractivity contribution in [3.05, 3.63) is 17.6 Å². The third-order valence-corrected chi connectivity index (χ3v) is 1.55. The van der Waals surface area contributed by atoms with Crippen molar-refractivity contribution in [2.24, 2.45) is 5.18 Å². The minimum atomic E-state index is -2.63. The van der Waals surface area contributed by atoms with Crippen LogP contribution in [0.3, 0.4) is 0 Å². The molecule has 5 heteroatoms. The summed E-state index contributed by atoms with van der Waals surface area (Å²) in [6.07, 6.45) is 4.00. The standard InChI is InChI=1S/C8H11NO4/c1-3-6(9-13)5-7(10)8(11,12)4-2/h2-3,6-7,10-12H,1,5H2. The second-order valence-corrected chi connectivity index (χ2v) is 2.53. The van der Waals surface area contributed by atoms with E-state index < -0.39 is 17.9 Å². The number of nitroso groups, excluding NO2 is 1. The highest BCUT2D eigenvalue weighted by Crippen LogP contribution is 2.13. The summed E-state index contributed by atoms with van der Waals surface area (Å²) in [6, 6.07) is -0.887. The predicted molar refractivity (Wildman–Crippen MR) is 46.4 cm³/mol. The van der Waals surface area contributed by atoms with Gasteiger partial charge in [-0.2, -0.15) is 4.91 Å². The average molecular weight is 185 g/mol. The lowest BCUT2D eigenvalue weighted by molar-refractivity contribution is -0.182. The summed E-state index contributed by atoms with van der Waals surface area (Å²) in [6.45, 7) is 3.27. The number of hydrogen-bond acceptors (Lipinski definition) is 5. The Morgan fingerprint density at radius 2 is 2.23 bits per heavy atom. The lowest BCUT2D eigenvalue weighted by atomic mass is 10.0. The number of aliphatic hydroxyl groups is 3. The van der Waals surface area contributed by atoms with E-state index in [1.54, 1.807) is 5.92 Å². The third kappa shape index (κ3) is 3.34. The van der Waals surface area contributed by atoms with Gasteiger partial charge in [-0.15, -0.1) is 13.0 Å². The molecular weight excluding hydrogens is 174 g/mol. The normalized spacial score (nSPS) is 15.5. The van der Waals surface area contributed by atoms with Crippen molar-refractivity contribution in [3.63, 3.8) is 0 Å². The molecule has 0 aromatic heterocycles. The lowest BCUT2D eigenvalue weighted by Crippen LogP contribution is -2.42. The second-order valence-electron chi connectivity index (χ2n) is 2.53. The summed E-state index contributed by atoms with van der Waals surface area (Å²) >= 11 is 0.